The monoisotopic (exact) mass is 434 g/mol. The molecule has 0 aliphatic heterocycles. The summed E-state index contributed by atoms with van der Waals surface area (Å²) in [4.78, 5) is 13.4. The zero-order valence-electron chi connectivity index (χ0n) is 18.1. The van der Waals surface area contributed by atoms with Crippen LogP contribution in [0.25, 0.3) is 28.0 Å². The van der Waals surface area contributed by atoms with Crippen LogP contribution in [-0.2, 0) is 11.3 Å². The minimum Gasteiger partial charge on any atom is -0.490 e. The number of hydrogen-bond donors (Lipinski definition) is 2. The summed E-state index contributed by atoms with van der Waals surface area (Å²) in [5.41, 5.74) is 9.93. The molecule has 3 N–H and O–H groups in total. The molecular formula is C23H26N6O3. The van der Waals surface area contributed by atoms with Crippen molar-refractivity contribution in [3.63, 3.8) is 0 Å². The summed E-state index contributed by atoms with van der Waals surface area (Å²) in [6.07, 6.45) is 5.65. The van der Waals surface area contributed by atoms with Crippen molar-refractivity contribution >= 4 is 10.9 Å². The van der Waals surface area contributed by atoms with Gasteiger partial charge in [-0.2, -0.15) is 5.10 Å². The average Bonchev–Trinajstić information content (AvgIpc) is 3.28. The molecule has 4 rings (SSSR count). The summed E-state index contributed by atoms with van der Waals surface area (Å²) in [5, 5.41) is 14.8. The Kier molecular flexibility index (Phi) is 6.69. The van der Waals surface area contributed by atoms with Gasteiger partial charge in [0.1, 0.15) is 12.4 Å². The molecular weight excluding hydrogens is 408 g/mol. The Balaban J connectivity index is 1.86. The van der Waals surface area contributed by atoms with Gasteiger partial charge in [-0.05, 0) is 30.7 Å². The van der Waals surface area contributed by atoms with Gasteiger partial charge in [0.15, 0.2) is 5.82 Å². The van der Waals surface area contributed by atoms with Gasteiger partial charge in [-0.15, -0.1) is 0 Å². The Bertz CT molecular complexity index is 1210. The maximum absolute atomic E-state index is 9.44. The molecule has 0 saturated carbocycles. The molecule has 0 saturated heterocycles. The summed E-state index contributed by atoms with van der Waals surface area (Å²) < 4.78 is 12.8. The largest absolute Gasteiger partial charge is 0.490 e. The van der Waals surface area contributed by atoms with Gasteiger partial charge < -0.3 is 20.3 Å². The predicted molar refractivity (Wildman–Crippen MR) is 120 cm³/mol. The molecule has 0 aliphatic rings. The third-order valence-electron chi connectivity index (χ3n) is 5.13. The van der Waals surface area contributed by atoms with Gasteiger partial charge in [0.25, 0.3) is 0 Å². The Morgan fingerprint density at radius 2 is 2.00 bits per heavy atom. The molecule has 166 valence electrons. The number of methoxy groups -OCH3 is 1. The molecule has 0 fully saturated rings. The third-order valence-corrected chi connectivity index (χ3v) is 5.13. The van der Waals surface area contributed by atoms with Crippen molar-refractivity contribution in [3.05, 3.63) is 60.3 Å². The fourth-order valence-corrected chi connectivity index (χ4v) is 3.38. The standard InChI is InChI=1S/C23H26N6O3/c1-3-18(24)20-6-4-5-19(28-20)15-9-21-17(22(10-15)32-8-7-31-2)12-26-29(21)23-13-25-11-16(14-30)27-23/h4-6,9-13,18,30H,3,7-8,14,24H2,1-2H3. The van der Waals surface area contributed by atoms with Crippen molar-refractivity contribution in [3.8, 4) is 22.8 Å². The van der Waals surface area contributed by atoms with Crippen LogP contribution in [0.3, 0.4) is 0 Å². The van der Waals surface area contributed by atoms with Crippen molar-refractivity contribution < 1.29 is 14.6 Å². The highest BCUT2D eigenvalue weighted by atomic mass is 16.5. The minimum atomic E-state index is -0.203. The van der Waals surface area contributed by atoms with E-state index in [1.807, 2.05) is 37.3 Å². The SMILES string of the molecule is CCC(N)c1cccc(-c2cc(OCCOC)c3cnn(-c4cncc(CO)n4)c3c2)n1. The smallest absolute Gasteiger partial charge is 0.172 e. The van der Waals surface area contributed by atoms with E-state index >= 15 is 0 Å². The molecule has 1 aromatic carbocycles. The number of hydrogen-bond acceptors (Lipinski definition) is 8. The first kappa shape index (κ1) is 21.8. The fraction of sp³-hybridized carbons (Fsp3) is 0.304. The molecule has 0 amide bonds. The van der Waals surface area contributed by atoms with Gasteiger partial charge in [0.05, 0.1) is 59.8 Å². The molecule has 9 heteroatoms. The summed E-state index contributed by atoms with van der Waals surface area (Å²) in [6.45, 7) is 2.69. The maximum atomic E-state index is 9.44. The number of nitrogens with zero attached hydrogens (tertiary/aromatic N) is 5. The Hall–Kier alpha value is -3.40. The van der Waals surface area contributed by atoms with Gasteiger partial charge >= 0.3 is 0 Å². The number of fused-ring (bicyclic) bond motifs is 1. The second-order valence-electron chi connectivity index (χ2n) is 7.29. The summed E-state index contributed by atoms with van der Waals surface area (Å²) in [7, 11) is 1.63. The first-order valence-electron chi connectivity index (χ1n) is 10.4. The number of aliphatic hydroxyl groups excluding tert-OH is 1. The highest BCUT2D eigenvalue weighted by Gasteiger charge is 2.16. The molecule has 0 bridgehead atoms. The number of nitrogens with two attached hydrogens (primary N) is 1. The predicted octanol–water partition coefficient (Wildman–Crippen LogP) is 2.80. The van der Waals surface area contributed by atoms with Crippen molar-refractivity contribution in [1.82, 2.24) is 24.7 Å². The molecule has 0 radical (unpaired) electrons. The van der Waals surface area contributed by atoms with Crippen LogP contribution in [0.1, 0.15) is 30.8 Å². The quantitative estimate of drug-likeness (QED) is 0.386. The lowest BCUT2D eigenvalue weighted by molar-refractivity contribution is 0.147. The fourth-order valence-electron chi connectivity index (χ4n) is 3.38. The van der Waals surface area contributed by atoms with Gasteiger partial charge in [-0.3, -0.25) is 9.97 Å². The number of aliphatic hydroxyl groups is 1. The van der Waals surface area contributed by atoms with E-state index in [-0.39, 0.29) is 12.6 Å². The van der Waals surface area contributed by atoms with E-state index in [4.69, 9.17) is 20.2 Å². The van der Waals surface area contributed by atoms with Crippen LogP contribution >= 0.6 is 0 Å². The van der Waals surface area contributed by atoms with Crippen molar-refractivity contribution in [2.75, 3.05) is 20.3 Å². The average molecular weight is 435 g/mol. The van der Waals surface area contributed by atoms with Crippen LogP contribution in [0.5, 0.6) is 5.75 Å². The van der Waals surface area contributed by atoms with Gasteiger partial charge in [0, 0.05) is 18.7 Å². The lowest BCUT2D eigenvalue weighted by atomic mass is 10.1. The molecule has 4 aromatic rings. The molecule has 3 heterocycles. The molecule has 0 spiro atoms. The van der Waals surface area contributed by atoms with Crippen molar-refractivity contribution in [2.45, 2.75) is 26.0 Å². The van der Waals surface area contributed by atoms with E-state index in [0.717, 1.165) is 34.3 Å². The maximum Gasteiger partial charge on any atom is 0.172 e. The number of benzene rings is 1. The summed E-state index contributed by atoms with van der Waals surface area (Å²) in [5.74, 6) is 1.17. The van der Waals surface area contributed by atoms with E-state index < -0.39 is 0 Å². The van der Waals surface area contributed by atoms with Crippen LogP contribution in [0.4, 0.5) is 0 Å². The second-order valence-corrected chi connectivity index (χ2v) is 7.29. The van der Waals surface area contributed by atoms with Gasteiger partial charge in [-0.1, -0.05) is 13.0 Å². The Morgan fingerprint density at radius 1 is 1.12 bits per heavy atom. The topological polar surface area (TPSA) is 121 Å². The van der Waals surface area contributed by atoms with Crippen LogP contribution in [0.2, 0.25) is 0 Å². The van der Waals surface area contributed by atoms with E-state index in [9.17, 15) is 5.11 Å². The first-order chi connectivity index (χ1) is 15.6. The molecule has 3 aromatic heterocycles. The minimum absolute atomic E-state index is 0.127. The lowest BCUT2D eigenvalue weighted by Crippen LogP contribution is -2.10. The van der Waals surface area contributed by atoms with E-state index in [2.05, 4.69) is 15.1 Å². The second kappa shape index (κ2) is 9.82. The first-order valence-corrected chi connectivity index (χ1v) is 10.4. The number of aromatic nitrogens is 5. The van der Waals surface area contributed by atoms with Gasteiger partial charge in [-0.25, -0.2) is 9.67 Å². The molecule has 1 unspecified atom stereocenters. The molecule has 9 nitrogen and oxygen atoms in total. The van der Waals surface area contributed by atoms with Crippen molar-refractivity contribution in [1.29, 1.82) is 0 Å². The third kappa shape index (κ3) is 4.45. The zero-order chi connectivity index (χ0) is 22.5. The van der Waals surface area contributed by atoms with Crippen LogP contribution in [0.15, 0.2) is 48.9 Å². The zero-order valence-corrected chi connectivity index (χ0v) is 18.1. The van der Waals surface area contributed by atoms with Crippen LogP contribution in [-0.4, -0.2) is 50.2 Å². The van der Waals surface area contributed by atoms with Crippen molar-refractivity contribution in [2.24, 2.45) is 5.73 Å². The lowest BCUT2D eigenvalue weighted by Gasteiger charge is -2.13. The highest BCUT2D eigenvalue weighted by Crippen LogP contribution is 2.33. The Morgan fingerprint density at radius 3 is 2.78 bits per heavy atom. The molecule has 1 atom stereocenters. The Labute approximate surface area is 185 Å². The van der Waals surface area contributed by atoms with Crippen LogP contribution in [0, 0.1) is 0 Å². The van der Waals surface area contributed by atoms with Crippen LogP contribution < -0.4 is 10.5 Å². The highest BCUT2D eigenvalue weighted by molar-refractivity contribution is 5.90. The summed E-state index contributed by atoms with van der Waals surface area (Å²) in [6, 6.07) is 9.64. The van der Waals surface area contributed by atoms with Gasteiger partial charge in [0.2, 0.25) is 0 Å². The molecule has 0 aliphatic carbocycles. The van der Waals surface area contributed by atoms with E-state index in [0.29, 0.717) is 30.5 Å². The number of rotatable bonds is 9. The molecule has 32 heavy (non-hydrogen) atoms. The normalized spacial score (nSPS) is 12.2. The van der Waals surface area contributed by atoms with E-state index in [1.165, 1.54) is 6.20 Å². The number of ether oxygens (including phenoxy) is 2. The van der Waals surface area contributed by atoms with E-state index in [1.54, 1.807) is 24.2 Å². The summed E-state index contributed by atoms with van der Waals surface area (Å²) >= 11 is 0. The number of pyridine rings is 1.